The number of hydrogen-bond donors (Lipinski definition) is 4. The van der Waals surface area contributed by atoms with E-state index in [1.807, 2.05) is 48.5 Å². The van der Waals surface area contributed by atoms with Crippen LogP contribution in [0.15, 0.2) is 170 Å². The van der Waals surface area contributed by atoms with Crippen LogP contribution in [0, 0.1) is 21.7 Å². The maximum absolute atomic E-state index is 15.1. The molecule has 546 valence electrons. The number of unbranched alkanes of at least 4 members (excludes halogenated alkanes) is 4. The number of benzene rings is 7. The van der Waals surface area contributed by atoms with Crippen LogP contribution in [0.2, 0.25) is 0 Å². The fourth-order valence-corrected chi connectivity index (χ4v) is 11.2. The molecule has 0 aromatic heterocycles. The Kier molecular flexibility index (Phi) is 30.7. The monoisotopic (exact) mass is 1470 g/mol. The largest absolute Gasteiger partial charge is 0.481 e. The Hall–Kier alpha value is -9.09. The van der Waals surface area contributed by atoms with Gasteiger partial charge in [0.2, 0.25) is 0 Å². The van der Waals surface area contributed by atoms with E-state index in [4.69, 9.17) is 16.7 Å². The highest BCUT2D eigenvalue weighted by atomic mass is 35.5. The van der Waals surface area contributed by atoms with Gasteiger partial charge < -0.3 is 34.7 Å². The van der Waals surface area contributed by atoms with Crippen molar-refractivity contribution in [3.63, 3.8) is 0 Å². The third-order valence-corrected chi connectivity index (χ3v) is 16.6. The first-order chi connectivity index (χ1) is 47.3. The summed E-state index contributed by atoms with van der Waals surface area (Å²) in [5, 5.41) is 23.2. The van der Waals surface area contributed by atoms with E-state index in [-0.39, 0.29) is 53.2 Å². The third kappa shape index (κ3) is 27.1. The number of nitro groups is 1. The van der Waals surface area contributed by atoms with E-state index >= 15 is 4.39 Å². The van der Waals surface area contributed by atoms with Crippen LogP contribution in [0.4, 0.5) is 72.4 Å². The van der Waals surface area contributed by atoms with Crippen LogP contribution in [-0.4, -0.2) is 80.0 Å². The molecule has 0 radical (unpaired) electrons. The predicted molar refractivity (Wildman–Crippen MR) is 352 cm³/mol. The van der Waals surface area contributed by atoms with Gasteiger partial charge in [0, 0.05) is 55.1 Å². The number of nitrogens with zero attached hydrogens (tertiary/aromatic N) is 1. The average Bonchev–Trinajstić information content (AvgIpc) is 0.762. The molecule has 2 amide bonds. The summed E-state index contributed by atoms with van der Waals surface area (Å²) in [5.74, 6) is -4.64. The van der Waals surface area contributed by atoms with Crippen molar-refractivity contribution in [2.24, 2.45) is 0 Å². The summed E-state index contributed by atoms with van der Waals surface area (Å²) in [6.07, 6.45) is -17.6. The van der Waals surface area contributed by atoms with E-state index in [1.54, 1.807) is 87.6 Å². The summed E-state index contributed by atoms with van der Waals surface area (Å²) in [4.78, 5) is 55.0. The molecule has 0 aliphatic heterocycles. The SMILES string of the molecule is CC(=O)CCCCCc1cccc([C@@](Cc2ccccc2)(N[S@](=O)C(C)(C)C)c2cc(F)cc(OC(F)(F)C(F)F)c2)c1.O=C(Cl)Oc1ccc([N+](=O)[O-])cc1.O=C(O)CCCCCc1cccc([C@@](Cc2ccccc2)(NC(=O)NCC(F)(F)F)c2cc(F)cc(OC(F)(F)C(F)F)c2)c1. The zero-order valence-electron chi connectivity index (χ0n) is 54.7. The molecule has 15 nitrogen and oxygen atoms in total. The van der Waals surface area contributed by atoms with Gasteiger partial charge in [0.05, 0.1) is 31.7 Å². The maximum atomic E-state index is 15.1. The quantitative estimate of drug-likeness (QED) is 0.0102. The highest BCUT2D eigenvalue weighted by molar-refractivity contribution is 7.84. The Bertz CT molecular complexity index is 3900. The first kappa shape index (κ1) is 82.6. The number of Topliss-reactive ketones (excluding diaryl/α,β-unsaturated/α-hetero) is 1. The Labute approximate surface area is 580 Å². The molecular formula is C71H72ClF13N4O11S. The fourth-order valence-electron chi connectivity index (χ4n) is 10.1. The number of carbonyl (C=O) groups excluding carboxylic acids is 3. The molecule has 0 spiro atoms. The third-order valence-electron chi connectivity index (χ3n) is 14.9. The molecule has 0 unspecified atom stereocenters. The second kappa shape index (κ2) is 37.5. The molecule has 0 fully saturated rings. The van der Waals surface area contributed by atoms with Gasteiger partial charge in [-0.1, -0.05) is 122 Å². The molecule has 0 aliphatic rings. The van der Waals surface area contributed by atoms with Crippen molar-refractivity contribution in [1.29, 1.82) is 0 Å². The van der Waals surface area contributed by atoms with Crippen LogP contribution >= 0.6 is 11.6 Å². The van der Waals surface area contributed by atoms with Crippen molar-refractivity contribution in [2.75, 3.05) is 6.54 Å². The molecular weight excluding hydrogens is 1400 g/mol. The topological polar surface area (TPSA) is 212 Å². The fraction of sp³-hybridized carbons (Fsp3) is 0.352. The molecule has 0 heterocycles. The molecule has 7 rings (SSSR count). The number of alkyl halides is 11. The van der Waals surface area contributed by atoms with E-state index < -0.39 is 110 Å². The minimum atomic E-state index is -5.01. The van der Waals surface area contributed by atoms with Crippen molar-refractivity contribution in [3.8, 4) is 17.2 Å². The number of halogens is 14. The summed E-state index contributed by atoms with van der Waals surface area (Å²) < 4.78 is 205. The standard InChI is InChI=1S/C33H38F5NO3S.C31H30F8N2O4.C7H4ClNO4/c1-23(40)12-7-5-8-13-24-16-11-17-26(18-24)32(39-43(41)31(2,3)4,22-25-14-9-6-10-15-25)27-19-28(34)21-29(20-27)42-33(37,38)30(35)36;32-24-15-23(16-25(17-24)45-31(38,39)27(33)34)29(18-21-9-4-1-5-10-21,41-28(44)40-19-30(35,36)37)22-12-7-11-20(14-22)8-3-2-6-13-26(42)43;8-7(10)13-6-3-1-5(2-4-6)9(11)12/h6,9-11,14-21,30,39H,5,7-8,12-13,22H2,1-4H3;1,4-5,7,9-12,14-17,27H,2-3,6,8,13,18-19H2,(H,42,43)(H2,40,41,44);1-4H/t32-,43-;29-;/m11./s1. The van der Waals surface area contributed by atoms with Crippen LogP contribution in [0.3, 0.4) is 0 Å². The van der Waals surface area contributed by atoms with Crippen molar-refractivity contribution < 1.29 is 105 Å². The Morgan fingerprint density at radius 2 is 0.990 bits per heavy atom. The van der Waals surface area contributed by atoms with Crippen molar-refractivity contribution in [1.82, 2.24) is 15.4 Å². The van der Waals surface area contributed by atoms with Gasteiger partial charge in [0.25, 0.3) is 5.69 Å². The lowest BCUT2D eigenvalue weighted by molar-refractivity contribution is -0.384. The molecule has 101 heavy (non-hydrogen) atoms. The van der Waals surface area contributed by atoms with Crippen LogP contribution in [-0.2, 0) is 57.3 Å². The Morgan fingerprint density at radius 3 is 1.41 bits per heavy atom. The minimum Gasteiger partial charge on any atom is -0.481 e. The summed E-state index contributed by atoms with van der Waals surface area (Å²) in [6.45, 7) is 5.09. The molecule has 7 aromatic carbocycles. The van der Waals surface area contributed by atoms with Crippen LogP contribution in [0.25, 0.3) is 0 Å². The van der Waals surface area contributed by atoms with Gasteiger partial charge in [-0.3, -0.25) is 14.9 Å². The van der Waals surface area contributed by atoms with Crippen molar-refractivity contribution in [2.45, 2.75) is 152 Å². The molecule has 0 bridgehead atoms. The van der Waals surface area contributed by atoms with E-state index in [0.717, 1.165) is 54.7 Å². The number of aryl methyl sites for hydroxylation is 2. The Morgan fingerprint density at radius 1 is 0.554 bits per heavy atom. The highest BCUT2D eigenvalue weighted by Gasteiger charge is 2.47. The number of hydrogen-bond acceptors (Lipinski definition) is 10. The number of carbonyl (C=O) groups is 4. The van der Waals surface area contributed by atoms with E-state index in [0.29, 0.717) is 67.3 Å². The zero-order valence-corrected chi connectivity index (χ0v) is 56.3. The Balaban J connectivity index is 0.000000309. The average molecular weight is 1470 g/mol. The van der Waals surface area contributed by atoms with Gasteiger partial charge in [-0.15, -0.1) is 0 Å². The molecule has 3 atom stereocenters. The van der Waals surface area contributed by atoms with Gasteiger partial charge in [0.15, 0.2) is 0 Å². The van der Waals surface area contributed by atoms with Gasteiger partial charge in [-0.05, 0) is 154 Å². The van der Waals surface area contributed by atoms with E-state index in [9.17, 15) is 86.2 Å². The summed E-state index contributed by atoms with van der Waals surface area (Å²) in [7, 11) is -1.75. The molecule has 0 saturated carbocycles. The molecule has 30 heteroatoms. The van der Waals surface area contributed by atoms with Crippen molar-refractivity contribution >= 4 is 51.5 Å². The predicted octanol–water partition coefficient (Wildman–Crippen LogP) is 18.2. The number of rotatable bonds is 32. The van der Waals surface area contributed by atoms with Gasteiger partial charge in [-0.25, -0.2) is 27.3 Å². The second-order valence-electron chi connectivity index (χ2n) is 24.0. The van der Waals surface area contributed by atoms with E-state index in [2.05, 4.69) is 24.2 Å². The maximum Gasteiger partial charge on any atom is 0.461 e. The van der Waals surface area contributed by atoms with Gasteiger partial charge >= 0.3 is 48.7 Å². The number of nitro benzene ring substituents is 1. The number of urea groups is 1. The number of nitrogens with one attached hydrogen (secondary N) is 3. The van der Waals surface area contributed by atoms with Crippen LogP contribution < -0.4 is 29.6 Å². The van der Waals surface area contributed by atoms with Crippen molar-refractivity contribution in [3.05, 3.63) is 236 Å². The smallest absolute Gasteiger partial charge is 0.461 e. The van der Waals surface area contributed by atoms with Gasteiger partial charge in [0.1, 0.15) is 41.2 Å². The number of carboxylic acids is 1. The highest BCUT2D eigenvalue weighted by Crippen LogP contribution is 2.41. The zero-order chi connectivity index (χ0) is 74.9. The number of ether oxygens (including phenoxy) is 3. The summed E-state index contributed by atoms with van der Waals surface area (Å²) in [6, 6.07) is 39.5. The molecule has 0 aliphatic carbocycles. The number of ketones is 1. The normalized spacial score (nSPS) is 13.2. The molecule has 0 saturated heterocycles. The number of non-ortho nitro benzene ring substituents is 1. The lowest BCUT2D eigenvalue weighted by Crippen LogP contribution is -2.53. The summed E-state index contributed by atoms with van der Waals surface area (Å²) >= 11 is 4.92. The summed E-state index contributed by atoms with van der Waals surface area (Å²) in [5.41, 5.74) is -1.05. The lowest BCUT2D eigenvalue weighted by atomic mass is 9.77. The number of aliphatic carboxylic acids is 1. The first-order valence-corrected chi connectivity index (χ1v) is 32.6. The molecule has 7 aromatic rings. The van der Waals surface area contributed by atoms with Crippen LogP contribution in [0.1, 0.15) is 124 Å². The number of amides is 2. The lowest BCUT2D eigenvalue weighted by Gasteiger charge is -2.38. The minimum absolute atomic E-state index is 0.0221. The van der Waals surface area contributed by atoms with Crippen LogP contribution in [0.5, 0.6) is 17.2 Å². The van der Waals surface area contributed by atoms with E-state index in [1.165, 1.54) is 30.3 Å². The first-order valence-electron chi connectivity index (χ1n) is 31.1. The molecule has 4 N–H and O–H groups in total. The van der Waals surface area contributed by atoms with Gasteiger partial charge in [-0.2, -0.15) is 48.3 Å². The number of carboxylic acid groups (broad SMARTS) is 1. The second-order valence-corrected chi connectivity index (χ2v) is 26.3.